The van der Waals surface area contributed by atoms with Gasteiger partial charge in [0.1, 0.15) is 0 Å². The third-order valence-electron chi connectivity index (χ3n) is 4.91. The molecule has 2 N–H and O–H groups in total. The van der Waals surface area contributed by atoms with E-state index in [1.54, 1.807) is 12.1 Å². The number of ether oxygens (including phenoxy) is 1. The van der Waals surface area contributed by atoms with E-state index >= 15 is 0 Å². The molecule has 3 aromatic rings. The number of methoxy groups -OCH3 is 1. The number of nitro benzene ring substituents is 1. The minimum absolute atomic E-state index is 0.00849. The van der Waals surface area contributed by atoms with E-state index < -0.39 is 10.5 Å². The molecule has 2 heterocycles. The van der Waals surface area contributed by atoms with E-state index in [-0.39, 0.29) is 23.4 Å². The number of non-ortho nitro benzene ring substituents is 1. The molecule has 152 valence electrons. The zero-order valence-electron chi connectivity index (χ0n) is 16.4. The van der Waals surface area contributed by atoms with E-state index in [1.807, 2.05) is 31.2 Å². The summed E-state index contributed by atoms with van der Waals surface area (Å²) in [6.07, 6.45) is 0.457. The second-order valence-corrected chi connectivity index (χ2v) is 6.95. The quantitative estimate of drug-likeness (QED) is 0.504. The van der Waals surface area contributed by atoms with Crippen molar-refractivity contribution in [2.75, 3.05) is 12.4 Å². The summed E-state index contributed by atoms with van der Waals surface area (Å²) in [6, 6.07) is 14.0. The minimum atomic E-state index is -0.453. The van der Waals surface area contributed by atoms with Gasteiger partial charge in [-0.15, -0.1) is 0 Å². The van der Waals surface area contributed by atoms with Gasteiger partial charge in [-0.05, 0) is 30.2 Å². The van der Waals surface area contributed by atoms with Gasteiger partial charge in [-0.25, -0.2) is 4.99 Å². The van der Waals surface area contributed by atoms with Crippen LogP contribution < -0.4 is 15.6 Å². The molecule has 0 spiro atoms. The lowest BCUT2D eigenvalue weighted by atomic mass is 9.96. The van der Waals surface area contributed by atoms with Crippen molar-refractivity contribution in [2.45, 2.75) is 19.4 Å². The number of H-pyrrole nitrogens is 1. The van der Waals surface area contributed by atoms with Gasteiger partial charge < -0.3 is 10.1 Å². The standard InChI is InChI=1S/C21H19N5O4/c1-12-3-5-13(6-4-12)17-11-16(14-7-9-15(10-8-14)26(28)29)22-18-19(23-17)24-21(30-2)25-20(18)27/h3-10,17H,11H2,1-2H3,(H2,23,24,25,27). The number of nitro groups is 1. The molecule has 0 saturated carbocycles. The van der Waals surface area contributed by atoms with Crippen LogP contribution in [0.15, 0.2) is 58.3 Å². The molecule has 1 aliphatic heterocycles. The molecule has 0 fully saturated rings. The molecule has 2 aromatic carbocycles. The third kappa shape index (κ3) is 3.77. The van der Waals surface area contributed by atoms with E-state index in [0.717, 1.165) is 11.1 Å². The highest BCUT2D eigenvalue weighted by Gasteiger charge is 2.24. The molecule has 0 saturated heterocycles. The fraction of sp³-hybridized carbons (Fsp3) is 0.190. The zero-order valence-corrected chi connectivity index (χ0v) is 16.4. The van der Waals surface area contributed by atoms with Crippen molar-refractivity contribution in [1.29, 1.82) is 0 Å². The first kappa shape index (κ1) is 19.3. The summed E-state index contributed by atoms with van der Waals surface area (Å²) >= 11 is 0. The molecule has 0 amide bonds. The fourth-order valence-corrected chi connectivity index (χ4v) is 3.30. The monoisotopic (exact) mass is 405 g/mol. The smallest absolute Gasteiger partial charge is 0.298 e. The first-order valence-corrected chi connectivity index (χ1v) is 9.28. The Morgan fingerprint density at radius 1 is 1.13 bits per heavy atom. The Labute approximate surface area is 171 Å². The highest BCUT2D eigenvalue weighted by atomic mass is 16.6. The Morgan fingerprint density at radius 2 is 1.83 bits per heavy atom. The van der Waals surface area contributed by atoms with Gasteiger partial charge in [-0.1, -0.05) is 29.8 Å². The van der Waals surface area contributed by atoms with Gasteiger partial charge in [0.2, 0.25) is 0 Å². The van der Waals surface area contributed by atoms with Crippen LogP contribution >= 0.6 is 0 Å². The number of hydrogen-bond acceptors (Lipinski definition) is 7. The van der Waals surface area contributed by atoms with Crippen molar-refractivity contribution in [3.63, 3.8) is 0 Å². The molecule has 9 heteroatoms. The summed E-state index contributed by atoms with van der Waals surface area (Å²) in [5, 5.41) is 14.3. The van der Waals surface area contributed by atoms with Crippen molar-refractivity contribution < 1.29 is 9.66 Å². The zero-order chi connectivity index (χ0) is 21.3. The Balaban J connectivity index is 1.84. The lowest BCUT2D eigenvalue weighted by molar-refractivity contribution is -0.384. The summed E-state index contributed by atoms with van der Waals surface area (Å²) in [7, 11) is 1.42. The molecule has 30 heavy (non-hydrogen) atoms. The van der Waals surface area contributed by atoms with Crippen LogP contribution in [0.25, 0.3) is 0 Å². The van der Waals surface area contributed by atoms with Crippen molar-refractivity contribution >= 4 is 22.9 Å². The number of aromatic amines is 1. The average Bonchev–Trinajstić information content (AvgIpc) is 2.94. The lowest BCUT2D eigenvalue weighted by Crippen LogP contribution is -2.16. The predicted octanol–water partition coefficient (Wildman–Crippen LogP) is 3.67. The third-order valence-corrected chi connectivity index (χ3v) is 4.91. The van der Waals surface area contributed by atoms with Gasteiger partial charge in [0.25, 0.3) is 17.3 Å². The molecule has 4 rings (SSSR count). The number of aromatic nitrogens is 2. The maximum absolute atomic E-state index is 12.6. The van der Waals surface area contributed by atoms with E-state index in [1.165, 1.54) is 19.2 Å². The molecule has 0 bridgehead atoms. The molecule has 0 radical (unpaired) electrons. The number of aryl methyl sites for hydroxylation is 1. The van der Waals surface area contributed by atoms with Crippen LogP contribution in [0, 0.1) is 17.0 Å². The van der Waals surface area contributed by atoms with Crippen LogP contribution in [0.5, 0.6) is 6.01 Å². The summed E-state index contributed by atoms with van der Waals surface area (Å²) < 4.78 is 5.09. The van der Waals surface area contributed by atoms with E-state index in [0.29, 0.717) is 23.5 Å². The number of hydrogen-bond donors (Lipinski definition) is 2. The first-order chi connectivity index (χ1) is 14.4. The maximum atomic E-state index is 12.6. The van der Waals surface area contributed by atoms with Gasteiger partial charge >= 0.3 is 0 Å². The largest absolute Gasteiger partial charge is 0.468 e. The minimum Gasteiger partial charge on any atom is -0.468 e. The molecule has 1 atom stereocenters. The summed E-state index contributed by atoms with van der Waals surface area (Å²) in [5.41, 5.74) is 3.15. The van der Waals surface area contributed by atoms with Gasteiger partial charge in [0, 0.05) is 18.6 Å². The molecule has 1 unspecified atom stereocenters. The molecule has 0 aliphatic carbocycles. The van der Waals surface area contributed by atoms with Gasteiger partial charge in [-0.2, -0.15) is 4.98 Å². The molecule has 1 aliphatic rings. The maximum Gasteiger partial charge on any atom is 0.298 e. The lowest BCUT2D eigenvalue weighted by Gasteiger charge is -2.19. The van der Waals surface area contributed by atoms with Crippen LogP contribution in [0.2, 0.25) is 0 Å². The number of anilines is 1. The average molecular weight is 405 g/mol. The van der Waals surface area contributed by atoms with Gasteiger partial charge in [-0.3, -0.25) is 19.9 Å². The SMILES string of the molecule is COc1nc2c(c(=O)[nH]1)N=C(c1ccc([N+](=O)[O-])cc1)CC(c1ccc(C)cc1)N2. The van der Waals surface area contributed by atoms with Crippen LogP contribution in [0.3, 0.4) is 0 Å². The van der Waals surface area contributed by atoms with Gasteiger partial charge in [0.15, 0.2) is 11.5 Å². The van der Waals surface area contributed by atoms with Crippen molar-refractivity contribution in [2.24, 2.45) is 4.99 Å². The van der Waals surface area contributed by atoms with Crippen LogP contribution in [0.4, 0.5) is 17.2 Å². The number of nitrogens with zero attached hydrogens (tertiary/aromatic N) is 3. The topological polar surface area (TPSA) is 123 Å². The van der Waals surface area contributed by atoms with Crippen molar-refractivity contribution in [3.8, 4) is 6.01 Å². The van der Waals surface area contributed by atoms with E-state index in [4.69, 9.17) is 4.74 Å². The summed E-state index contributed by atoms with van der Waals surface area (Å²) in [4.78, 5) is 34.6. The second kappa shape index (κ2) is 7.78. The highest BCUT2D eigenvalue weighted by Crippen LogP contribution is 2.33. The van der Waals surface area contributed by atoms with Crippen molar-refractivity contribution in [3.05, 3.63) is 85.7 Å². The van der Waals surface area contributed by atoms with Crippen molar-refractivity contribution in [1.82, 2.24) is 9.97 Å². The highest BCUT2D eigenvalue weighted by molar-refractivity contribution is 6.04. The number of benzene rings is 2. The van der Waals surface area contributed by atoms with Crippen LogP contribution in [-0.4, -0.2) is 27.7 Å². The van der Waals surface area contributed by atoms with E-state index in [2.05, 4.69) is 20.3 Å². The Kier molecular flexibility index (Phi) is 5.01. The predicted molar refractivity (Wildman–Crippen MR) is 113 cm³/mol. The normalized spacial score (nSPS) is 15.4. The number of rotatable bonds is 4. The summed E-state index contributed by atoms with van der Waals surface area (Å²) in [6.45, 7) is 2.01. The first-order valence-electron chi connectivity index (χ1n) is 9.28. The number of nitrogens with one attached hydrogen (secondary N) is 2. The summed E-state index contributed by atoms with van der Waals surface area (Å²) in [5.74, 6) is 0.318. The Morgan fingerprint density at radius 3 is 2.47 bits per heavy atom. The second-order valence-electron chi connectivity index (χ2n) is 6.95. The molecule has 9 nitrogen and oxygen atoms in total. The molecule has 1 aromatic heterocycles. The van der Waals surface area contributed by atoms with Crippen LogP contribution in [-0.2, 0) is 0 Å². The van der Waals surface area contributed by atoms with Gasteiger partial charge in [0.05, 0.1) is 23.8 Å². The van der Waals surface area contributed by atoms with Crippen LogP contribution in [0.1, 0.15) is 29.2 Å². The molecular formula is C21H19N5O4. The fourth-order valence-electron chi connectivity index (χ4n) is 3.30. The Bertz CT molecular complexity index is 1180. The Hall–Kier alpha value is -4.01. The molecular weight excluding hydrogens is 386 g/mol. The number of fused-ring (bicyclic) bond motifs is 1. The number of aliphatic imine (C=N–C) groups is 1. The van der Waals surface area contributed by atoms with E-state index in [9.17, 15) is 14.9 Å².